The lowest BCUT2D eigenvalue weighted by atomic mass is 10.4. The van der Waals surface area contributed by atoms with Crippen molar-refractivity contribution in [3.63, 3.8) is 0 Å². The van der Waals surface area contributed by atoms with Crippen LogP contribution in [0, 0.1) is 0 Å². The summed E-state index contributed by atoms with van der Waals surface area (Å²) in [6.45, 7) is 0. The van der Waals surface area contributed by atoms with Crippen molar-refractivity contribution in [2.45, 2.75) is 10.1 Å². The minimum absolute atomic E-state index is 0.535. The summed E-state index contributed by atoms with van der Waals surface area (Å²) in [6, 6.07) is 2.11. The van der Waals surface area contributed by atoms with E-state index < -0.39 is 0 Å². The number of aromatic nitrogens is 2. The average Bonchev–Trinajstić information content (AvgIpc) is 2.71. The molecule has 0 aliphatic carbocycles. The Morgan fingerprint density at radius 1 is 1.46 bits per heavy atom. The van der Waals surface area contributed by atoms with E-state index in [1.54, 1.807) is 23.1 Å². The van der Waals surface area contributed by atoms with Crippen molar-refractivity contribution in [1.82, 2.24) is 10.2 Å². The topological polar surface area (TPSA) is 51.8 Å². The molecule has 0 saturated carbocycles. The van der Waals surface area contributed by atoms with Gasteiger partial charge in [-0.05, 0) is 22.4 Å². The van der Waals surface area contributed by atoms with E-state index in [9.17, 15) is 0 Å². The van der Waals surface area contributed by atoms with Gasteiger partial charge in [0.15, 0.2) is 4.34 Å². The standard InChI is InChI=1S/C7H7N3S3/c8-6-9-10-7(13-6)12-4-5-1-2-11-3-5/h1-3H,4H2,(H2,8,9). The average molecular weight is 229 g/mol. The first-order valence-corrected chi connectivity index (χ1v) is 6.32. The van der Waals surface area contributed by atoms with Crippen molar-refractivity contribution in [2.24, 2.45) is 0 Å². The van der Waals surface area contributed by atoms with E-state index in [1.165, 1.54) is 16.9 Å². The molecular weight excluding hydrogens is 222 g/mol. The third-order valence-electron chi connectivity index (χ3n) is 1.36. The van der Waals surface area contributed by atoms with Gasteiger partial charge in [0.25, 0.3) is 0 Å². The summed E-state index contributed by atoms with van der Waals surface area (Å²) in [4.78, 5) is 0. The van der Waals surface area contributed by atoms with Gasteiger partial charge in [-0.3, -0.25) is 0 Å². The van der Waals surface area contributed by atoms with Gasteiger partial charge in [0, 0.05) is 5.75 Å². The van der Waals surface area contributed by atoms with Gasteiger partial charge in [0.2, 0.25) is 5.13 Å². The van der Waals surface area contributed by atoms with Crippen LogP contribution in [0.1, 0.15) is 5.56 Å². The van der Waals surface area contributed by atoms with Gasteiger partial charge in [-0.25, -0.2) is 0 Å². The van der Waals surface area contributed by atoms with Crippen molar-refractivity contribution < 1.29 is 0 Å². The van der Waals surface area contributed by atoms with E-state index in [0.717, 1.165) is 10.1 Å². The summed E-state index contributed by atoms with van der Waals surface area (Å²) in [5, 5.41) is 12.4. The van der Waals surface area contributed by atoms with Crippen LogP contribution in [-0.2, 0) is 5.75 Å². The van der Waals surface area contributed by atoms with E-state index in [2.05, 4.69) is 27.0 Å². The van der Waals surface area contributed by atoms with E-state index in [1.807, 2.05) is 0 Å². The number of nitrogen functional groups attached to an aromatic ring is 1. The molecule has 2 aromatic heterocycles. The normalized spacial score (nSPS) is 10.5. The monoisotopic (exact) mass is 229 g/mol. The van der Waals surface area contributed by atoms with Gasteiger partial charge in [-0.2, -0.15) is 11.3 Å². The van der Waals surface area contributed by atoms with E-state index >= 15 is 0 Å². The second-order valence-corrected chi connectivity index (χ2v) is 5.34. The van der Waals surface area contributed by atoms with Crippen molar-refractivity contribution in [2.75, 3.05) is 5.73 Å². The number of nitrogens with zero attached hydrogens (tertiary/aromatic N) is 2. The highest BCUT2D eigenvalue weighted by molar-refractivity contribution is 8.00. The van der Waals surface area contributed by atoms with Crippen LogP contribution in [0.3, 0.4) is 0 Å². The third-order valence-corrected chi connectivity index (χ3v) is 4.05. The van der Waals surface area contributed by atoms with Crippen LogP contribution in [0.2, 0.25) is 0 Å². The number of nitrogens with two attached hydrogens (primary N) is 1. The van der Waals surface area contributed by atoms with E-state index in [4.69, 9.17) is 5.73 Å². The Balaban J connectivity index is 1.93. The zero-order valence-electron chi connectivity index (χ0n) is 6.64. The maximum absolute atomic E-state index is 5.46. The van der Waals surface area contributed by atoms with E-state index in [-0.39, 0.29) is 0 Å². The summed E-state index contributed by atoms with van der Waals surface area (Å²) in [5.74, 6) is 0.943. The lowest BCUT2D eigenvalue weighted by Gasteiger charge is -1.91. The fraction of sp³-hybridized carbons (Fsp3) is 0.143. The number of hydrogen-bond donors (Lipinski definition) is 1. The van der Waals surface area contributed by atoms with Crippen LogP contribution in [0.25, 0.3) is 0 Å². The van der Waals surface area contributed by atoms with Gasteiger partial charge in [-0.15, -0.1) is 10.2 Å². The molecule has 0 radical (unpaired) electrons. The third kappa shape index (κ3) is 2.43. The molecule has 0 fully saturated rings. The molecular formula is C7H7N3S3. The van der Waals surface area contributed by atoms with Crippen molar-refractivity contribution >= 4 is 39.6 Å². The maximum Gasteiger partial charge on any atom is 0.203 e. The Bertz CT molecular complexity index is 368. The second kappa shape index (κ2) is 4.08. The minimum atomic E-state index is 0.535. The largest absolute Gasteiger partial charge is 0.374 e. The molecule has 0 atom stereocenters. The first-order chi connectivity index (χ1) is 6.34. The molecule has 0 aliphatic rings. The van der Waals surface area contributed by atoms with Gasteiger partial charge in [0.05, 0.1) is 0 Å². The SMILES string of the molecule is Nc1nnc(SCc2ccsc2)s1. The molecule has 2 N–H and O–H groups in total. The molecule has 6 heteroatoms. The van der Waals surface area contributed by atoms with E-state index in [0.29, 0.717) is 5.13 Å². The van der Waals surface area contributed by atoms with Crippen LogP contribution in [0.4, 0.5) is 5.13 Å². The zero-order chi connectivity index (χ0) is 9.10. The summed E-state index contributed by atoms with van der Waals surface area (Å²) < 4.78 is 0.934. The van der Waals surface area contributed by atoms with Crippen molar-refractivity contribution in [3.05, 3.63) is 22.4 Å². The van der Waals surface area contributed by atoms with Gasteiger partial charge in [0.1, 0.15) is 0 Å². The maximum atomic E-state index is 5.46. The fourth-order valence-corrected chi connectivity index (χ4v) is 3.15. The summed E-state index contributed by atoms with van der Waals surface area (Å²) >= 11 is 4.81. The predicted octanol–water partition coefficient (Wildman–Crippen LogP) is 2.47. The highest BCUT2D eigenvalue weighted by atomic mass is 32.2. The molecule has 2 heterocycles. The molecule has 0 aromatic carbocycles. The van der Waals surface area contributed by atoms with Gasteiger partial charge in [-0.1, -0.05) is 23.1 Å². The molecule has 0 aliphatic heterocycles. The number of hydrogen-bond acceptors (Lipinski definition) is 6. The van der Waals surface area contributed by atoms with Crippen LogP contribution in [0.15, 0.2) is 21.2 Å². The Morgan fingerprint density at radius 2 is 2.38 bits per heavy atom. The van der Waals surface area contributed by atoms with Crippen molar-refractivity contribution in [1.29, 1.82) is 0 Å². The second-order valence-electron chi connectivity index (χ2n) is 2.33. The van der Waals surface area contributed by atoms with Crippen LogP contribution < -0.4 is 5.73 Å². The zero-order valence-corrected chi connectivity index (χ0v) is 9.09. The number of thioether (sulfide) groups is 1. The summed E-state index contributed by atoms with van der Waals surface area (Å²) in [5.41, 5.74) is 6.78. The molecule has 3 nitrogen and oxygen atoms in total. The van der Waals surface area contributed by atoms with Crippen LogP contribution in [0.5, 0.6) is 0 Å². The summed E-state index contributed by atoms with van der Waals surface area (Å²) in [7, 11) is 0. The van der Waals surface area contributed by atoms with Gasteiger partial charge < -0.3 is 5.73 Å². The number of thiophene rings is 1. The molecule has 68 valence electrons. The molecule has 13 heavy (non-hydrogen) atoms. The highest BCUT2D eigenvalue weighted by Gasteiger charge is 2.01. The lowest BCUT2D eigenvalue weighted by molar-refractivity contribution is 1.02. The molecule has 2 rings (SSSR count). The first-order valence-electron chi connectivity index (χ1n) is 3.57. The van der Waals surface area contributed by atoms with Crippen LogP contribution in [-0.4, -0.2) is 10.2 Å². The Hall–Kier alpha value is -0.590. The molecule has 0 spiro atoms. The quantitative estimate of drug-likeness (QED) is 0.821. The Morgan fingerprint density at radius 3 is 3.00 bits per heavy atom. The fourth-order valence-electron chi connectivity index (χ4n) is 0.799. The molecule has 0 bridgehead atoms. The highest BCUT2D eigenvalue weighted by Crippen LogP contribution is 2.27. The number of anilines is 1. The minimum Gasteiger partial charge on any atom is -0.374 e. The Labute approximate surface area is 88.0 Å². The molecule has 0 saturated heterocycles. The molecule has 0 amide bonds. The number of rotatable bonds is 3. The van der Waals surface area contributed by atoms with Crippen molar-refractivity contribution in [3.8, 4) is 0 Å². The first kappa shape index (κ1) is 8.98. The predicted molar refractivity (Wildman–Crippen MR) is 58.2 cm³/mol. The van der Waals surface area contributed by atoms with Crippen LogP contribution >= 0.6 is 34.4 Å². The lowest BCUT2D eigenvalue weighted by Crippen LogP contribution is -1.79. The van der Waals surface area contributed by atoms with Gasteiger partial charge >= 0.3 is 0 Å². The molecule has 2 aromatic rings. The smallest absolute Gasteiger partial charge is 0.203 e. The molecule has 0 unspecified atom stereocenters. The summed E-state index contributed by atoms with van der Waals surface area (Å²) in [6.07, 6.45) is 0. The Kier molecular flexibility index (Phi) is 2.82.